The minimum absolute atomic E-state index is 0.0128. The average Bonchev–Trinajstić information content (AvgIpc) is 2.84. The van der Waals surface area contributed by atoms with Crippen LogP contribution < -0.4 is 0 Å². The van der Waals surface area contributed by atoms with Gasteiger partial charge in [0.2, 0.25) is 11.6 Å². The highest BCUT2D eigenvalue weighted by Crippen LogP contribution is 2.29. The number of benzene rings is 1. The Hall–Kier alpha value is -2.82. The number of rotatable bonds is 0. The molecule has 96 valence electrons. The van der Waals surface area contributed by atoms with E-state index in [0.29, 0.717) is 5.65 Å². The molecule has 0 radical (unpaired) electrons. The highest BCUT2D eigenvalue weighted by atomic mass is 19.1. The number of hydrogen-bond acceptors (Lipinski definition) is 3. The van der Waals surface area contributed by atoms with Crippen molar-refractivity contribution in [2.45, 2.75) is 0 Å². The van der Waals surface area contributed by atoms with E-state index in [-0.39, 0.29) is 28.3 Å². The molecule has 0 saturated carbocycles. The summed E-state index contributed by atoms with van der Waals surface area (Å²) in [6.45, 7) is 0. The number of fused-ring (bicyclic) bond motifs is 4. The fraction of sp³-hybridized carbons (Fsp3) is 0. The predicted octanol–water partition coefficient (Wildman–Crippen LogP) is 2.25. The molecule has 1 aromatic carbocycles. The van der Waals surface area contributed by atoms with E-state index in [4.69, 9.17) is 0 Å². The van der Waals surface area contributed by atoms with Crippen LogP contribution in [0, 0.1) is 5.82 Å². The number of carbonyl (C=O) groups excluding carboxylic acids is 2. The molecule has 0 amide bonds. The second kappa shape index (κ2) is 3.60. The molecule has 0 spiro atoms. The molecule has 1 aliphatic rings. The van der Waals surface area contributed by atoms with E-state index in [0.717, 1.165) is 0 Å². The van der Waals surface area contributed by atoms with E-state index in [2.05, 4.69) is 4.98 Å². The van der Waals surface area contributed by atoms with E-state index in [9.17, 15) is 14.0 Å². The van der Waals surface area contributed by atoms with Crippen LogP contribution in [0.2, 0.25) is 0 Å². The minimum atomic E-state index is -0.691. The highest BCUT2D eigenvalue weighted by molar-refractivity contribution is 6.27. The Morgan fingerprint density at radius 1 is 1.00 bits per heavy atom. The van der Waals surface area contributed by atoms with Crippen LogP contribution in [0.5, 0.6) is 0 Å². The van der Waals surface area contributed by atoms with E-state index in [1.165, 1.54) is 18.2 Å². The predicted molar refractivity (Wildman–Crippen MR) is 68.5 cm³/mol. The van der Waals surface area contributed by atoms with Crippen molar-refractivity contribution < 1.29 is 14.0 Å². The number of ketones is 2. The average molecular weight is 266 g/mol. The van der Waals surface area contributed by atoms with Crippen LogP contribution in [0.1, 0.15) is 32.1 Å². The largest absolute Gasteiger partial charge is 0.296 e. The SMILES string of the molecule is O=C1c2nc3ccccn3c2C(=O)c2cccc(F)c21. The van der Waals surface area contributed by atoms with E-state index in [1.54, 1.807) is 28.8 Å². The minimum Gasteiger partial charge on any atom is -0.296 e. The van der Waals surface area contributed by atoms with Crippen molar-refractivity contribution in [3.63, 3.8) is 0 Å². The standard InChI is InChI=1S/C15H7FN2O2/c16-9-5-3-4-8-11(9)15(20)12-13(14(8)19)18-7-2-1-6-10(18)17-12/h1-7H. The summed E-state index contributed by atoms with van der Waals surface area (Å²) in [7, 11) is 0. The van der Waals surface area contributed by atoms with Crippen LogP contribution in [0.4, 0.5) is 4.39 Å². The molecule has 3 aromatic rings. The lowest BCUT2D eigenvalue weighted by Crippen LogP contribution is -2.23. The van der Waals surface area contributed by atoms with Gasteiger partial charge in [0.1, 0.15) is 22.9 Å². The third-order valence-electron chi connectivity index (χ3n) is 3.45. The van der Waals surface area contributed by atoms with Gasteiger partial charge >= 0.3 is 0 Å². The Bertz CT molecular complexity index is 911. The van der Waals surface area contributed by atoms with Gasteiger partial charge < -0.3 is 0 Å². The highest BCUT2D eigenvalue weighted by Gasteiger charge is 2.35. The summed E-state index contributed by atoms with van der Waals surface area (Å²) in [4.78, 5) is 29.0. The zero-order chi connectivity index (χ0) is 13.9. The van der Waals surface area contributed by atoms with Crippen molar-refractivity contribution in [3.05, 3.63) is 70.9 Å². The van der Waals surface area contributed by atoms with Gasteiger partial charge in [-0.1, -0.05) is 18.2 Å². The Balaban J connectivity index is 2.14. The molecule has 0 unspecified atom stereocenters. The molecule has 0 saturated heterocycles. The van der Waals surface area contributed by atoms with E-state index < -0.39 is 11.6 Å². The monoisotopic (exact) mass is 266 g/mol. The summed E-state index contributed by atoms with van der Waals surface area (Å²) < 4.78 is 15.4. The molecular formula is C15H7FN2O2. The van der Waals surface area contributed by atoms with Gasteiger partial charge in [0.25, 0.3) is 0 Å². The van der Waals surface area contributed by atoms with Crippen LogP contribution in [0.25, 0.3) is 5.65 Å². The van der Waals surface area contributed by atoms with Crippen LogP contribution in [-0.2, 0) is 0 Å². The number of halogens is 1. The maximum Gasteiger partial charge on any atom is 0.217 e. The molecule has 0 aliphatic heterocycles. The van der Waals surface area contributed by atoms with Crippen molar-refractivity contribution >= 4 is 17.2 Å². The van der Waals surface area contributed by atoms with Gasteiger partial charge in [-0.2, -0.15) is 0 Å². The molecule has 0 bridgehead atoms. The fourth-order valence-electron chi connectivity index (χ4n) is 2.56. The summed E-state index contributed by atoms with van der Waals surface area (Å²) in [5, 5.41) is 0. The lowest BCUT2D eigenvalue weighted by atomic mass is 9.90. The Morgan fingerprint density at radius 3 is 2.70 bits per heavy atom. The quantitative estimate of drug-likeness (QED) is 0.490. The molecule has 4 nitrogen and oxygen atoms in total. The van der Waals surface area contributed by atoms with Gasteiger partial charge in [0.15, 0.2) is 0 Å². The first-order valence-corrected chi connectivity index (χ1v) is 6.03. The molecule has 20 heavy (non-hydrogen) atoms. The zero-order valence-electron chi connectivity index (χ0n) is 10.1. The number of imidazole rings is 1. The number of aromatic nitrogens is 2. The summed E-state index contributed by atoms with van der Waals surface area (Å²) in [6, 6.07) is 9.26. The van der Waals surface area contributed by atoms with Gasteiger partial charge in [-0.15, -0.1) is 0 Å². The van der Waals surface area contributed by atoms with Gasteiger partial charge in [0, 0.05) is 11.8 Å². The van der Waals surface area contributed by atoms with Gasteiger partial charge in [-0.25, -0.2) is 9.37 Å². The molecule has 2 heterocycles. The Labute approximate surface area is 112 Å². The third kappa shape index (κ3) is 1.21. The van der Waals surface area contributed by atoms with E-state index >= 15 is 0 Å². The first kappa shape index (κ1) is 11.0. The number of nitrogens with zero attached hydrogens (tertiary/aromatic N) is 2. The molecule has 1 aliphatic carbocycles. The third-order valence-corrected chi connectivity index (χ3v) is 3.45. The van der Waals surface area contributed by atoms with Crippen molar-refractivity contribution in [1.29, 1.82) is 0 Å². The van der Waals surface area contributed by atoms with Crippen LogP contribution in [0.3, 0.4) is 0 Å². The second-order valence-electron chi connectivity index (χ2n) is 4.56. The summed E-state index contributed by atoms with van der Waals surface area (Å²) in [5.74, 6) is -1.62. The smallest absolute Gasteiger partial charge is 0.217 e. The maximum absolute atomic E-state index is 13.8. The number of carbonyl (C=O) groups is 2. The fourth-order valence-corrected chi connectivity index (χ4v) is 2.56. The molecule has 4 rings (SSSR count). The lowest BCUT2D eigenvalue weighted by Gasteiger charge is -2.14. The van der Waals surface area contributed by atoms with Crippen molar-refractivity contribution in [1.82, 2.24) is 9.38 Å². The Kier molecular flexibility index (Phi) is 1.99. The summed E-state index contributed by atoms with van der Waals surface area (Å²) in [6.07, 6.45) is 1.66. The van der Waals surface area contributed by atoms with Crippen molar-refractivity contribution in [2.24, 2.45) is 0 Å². The molecule has 5 heteroatoms. The van der Waals surface area contributed by atoms with Crippen LogP contribution >= 0.6 is 0 Å². The van der Waals surface area contributed by atoms with Gasteiger partial charge in [0.05, 0.1) is 5.56 Å². The lowest BCUT2D eigenvalue weighted by molar-refractivity contribution is 0.0969. The first-order chi connectivity index (χ1) is 9.68. The normalized spacial score (nSPS) is 13.4. The second-order valence-corrected chi connectivity index (χ2v) is 4.56. The first-order valence-electron chi connectivity index (χ1n) is 6.03. The van der Waals surface area contributed by atoms with Crippen LogP contribution in [-0.4, -0.2) is 21.0 Å². The summed E-state index contributed by atoms with van der Waals surface area (Å²) in [5.41, 5.74) is 0.608. The maximum atomic E-state index is 13.8. The topological polar surface area (TPSA) is 51.4 Å². The molecule has 0 atom stereocenters. The number of pyridine rings is 1. The van der Waals surface area contributed by atoms with Crippen LogP contribution in [0.15, 0.2) is 42.6 Å². The molecular weight excluding hydrogens is 259 g/mol. The van der Waals surface area contributed by atoms with Crippen molar-refractivity contribution in [3.8, 4) is 0 Å². The van der Waals surface area contributed by atoms with Gasteiger partial charge in [-0.3, -0.25) is 14.0 Å². The molecule has 2 aromatic heterocycles. The van der Waals surface area contributed by atoms with E-state index in [1.807, 2.05) is 0 Å². The molecule has 0 fully saturated rings. The summed E-state index contributed by atoms with van der Waals surface area (Å²) >= 11 is 0. The number of hydrogen-bond donors (Lipinski definition) is 0. The van der Waals surface area contributed by atoms with Gasteiger partial charge in [-0.05, 0) is 18.2 Å². The molecule has 0 N–H and O–H groups in total. The zero-order valence-corrected chi connectivity index (χ0v) is 10.1. The van der Waals surface area contributed by atoms with Crippen molar-refractivity contribution in [2.75, 3.05) is 0 Å². The Morgan fingerprint density at radius 2 is 1.85 bits per heavy atom.